The minimum absolute atomic E-state index is 0.525. The lowest BCUT2D eigenvalue weighted by molar-refractivity contribution is 0.514. The Hall–Kier alpha value is -0.800. The number of oxazole rings is 1. The minimum Gasteiger partial charge on any atom is -0.441 e. The molecule has 4 heteroatoms. The van der Waals surface area contributed by atoms with Gasteiger partial charge in [-0.05, 0) is 18.6 Å². The molecule has 2 nitrogen and oxygen atoms in total. The topological polar surface area (TPSA) is 26.0 Å². The molecule has 0 saturated carbocycles. The monoisotopic (exact) mass is 299 g/mol. The van der Waals surface area contributed by atoms with Crippen LogP contribution in [-0.4, -0.2) is 10.9 Å². The van der Waals surface area contributed by atoms with Gasteiger partial charge in [0.05, 0.1) is 6.20 Å². The van der Waals surface area contributed by atoms with Crippen LogP contribution in [0.2, 0.25) is 0 Å². The summed E-state index contributed by atoms with van der Waals surface area (Å²) in [5.41, 5.74) is 2.22. The van der Waals surface area contributed by atoms with Gasteiger partial charge in [0.1, 0.15) is 0 Å². The Morgan fingerprint density at radius 3 is 2.94 bits per heavy atom. The Labute approximate surface area is 108 Å². The second kappa shape index (κ2) is 5.02. The van der Waals surface area contributed by atoms with E-state index in [-0.39, 0.29) is 0 Å². The number of aromatic nitrogens is 1. The van der Waals surface area contributed by atoms with Crippen molar-refractivity contribution in [3.8, 4) is 11.3 Å². The van der Waals surface area contributed by atoms with Crippen molar-refractivity contribution in [3.05, 3.63) is 40.3 Å². The maximum Gasteiger partial charge on any atom is 0.196 e. The van der Waals surface area contributed by atoms with Gasteiger partial charge in [-0.3, -0.25) is 0 Å². The van der Waals surface area contributed by atoms with Crippen LogP contribution in [0.25, 0.3) is 11.3 Å². The van der Waals surface area contributed by atoms with Gasteiger partial charge in [0, 0.05) is 22.3 Å². The number of hydrogen-bond donors (Lipinski definition) is 0. The Morgan fingerprint density at radius 1 is 1.44 bits per heavy atom. The number of alkyl halides is 1. The smallest absolute Gasteiger partial charge is 0.196 e. The van der Waals surface area contributed by atoms with Crippen LogP contribution in [-0.2, 0) is 6.42 Å². The molecular weight excluding hydrogens is 289 g/mol. The molecular formula is C12H11BrClNO. The van der Waals surface area contributed by atoms with Crippen molar-refractivity contribution in [2.45, 2.75) is 13.3 Å². The van der Waals surface area contributed by atoms with Gasteiger partial charge >= 0.3 is 0 Å². The fourth-order valence-corrected chi connectivity index (χ4v) is 1.93. The summed E-state index contributed by atoms with van der Waals surface area (Å²) in [7, 11) is 0. The lowest BCUT2D eigenvalue weighted by Crippen LogP contribution is -1.83. The Bertz CT molecular complexity index is 496. The molecule has 0 unspecified atom stereocenters. The zero-order chi connectivity index (χ0) is 11.5. The first-order valence-corrected chi connectivity index (χ1v) is 6.30. The summed E-state index contributed by atoms with van der Waals surface area (Å²) in [5, 5.41) is 0. The first-order valence-electron chi connectivity index (χ1n) is 4.98. The van der Waals surface area contributed by atoms with Gasteiger partial charge in [-0.25, -0.2) is 4.98 Å². The predicted octanol–water partition coefficient (Wildman–Crippen LogP) is 4.19. The summed E-state index contributed by atoms with van der Waals surface area (Å²) in [5.74, 6) is 1.99. The van der Waals surface area contributed by atoms with Gasteiger partial charge in [0.25, 0.3) is 0 Å². The number of benzene rings is 1. The van der Waals surface area contributed by atoms with Crippen molar-refractivity contribution in [2.75, 3.05) is 5.88 Å². The normalized spacial score (nSPS) is 10.7. The predicted molar refractivity (Wildman–Crippen MR) is 68.8 cm³/mol. The van der Waals surface area contributed by atoms with Crippen molar-refractivity contribution in [3.63, 3.8) is 0 Å². The van der Waals surface area contributed by atoms with E-state index in [1.54, 1.807) is 6.20 Å². The van der Waals surface area contributed by atoms with Gasteiger partial charge < -0.3 is 4.42 Å². The highest BCUT2D eigenvalue weighted by atomic mass is 79.9. The molecule has 0 aliphatic carbocycles. The van der Waals surface area contributed by atoms with E-state index in [9.17, 15) is 0 Å². The molecule has 0 saturated heterocycles. The molecule has 0 bridgehead atoms. The van der Waals surface area contributed by atoms with E-state index in [0.717, 1.165) is 15.8 Å². The molecule has 2 rings (SSSR count). The lowest BCUT2D eigenvalue weighted by atomic mass is 10.1. The number of aryl methyl sites for hydroxylation is 2. The second-order valence-electron chi connectivity index (χ2n) is 3.52. The van der Waals surface area contributed by atoms with Crippen LogP contribution in [0.1, 0.15) is 11.5 Å². The molecule has 0 fully saturated rings. The summed E-state index contributed by atoms with van der Waals surface area (Å²) in [6, 6.07) is 6.09. The Kier molecular flexibility index (Phi) is 3.66. The van der Waals surface area contributed by atoms with E-state index in [0.29, 0.717) is 18.2 Å². The molecule has 0 aliphatic heterocycles. The maximum absolute atomic E-state index is 5.63. The standard InChI is InChI=1S/C12H11BrClNO/c1-8-2-3-9(6-10(8)13)11-7-15-12(16-11)4-5-14/h2-3,6-7H,4-5H2,1H3. The fraction of sp³-hybridized carbons (Fsp3) is 0.250. The van der Waals surface area contributed by atoms with E-state index in [4.69, 9.17) is 16.0 Å². The van der Waals surface area contributed by atoms with Gasteiger partial charge in [-0.1, -0.05) is 28.1 Å². The van der Waals surface area contributed by atoms with Crippen LogP contribution < -0.4 is 0 Å². The molecule has 1 aromatic carbocycles. The third-order valence-corrected chi connectivity index (χ3v) is 3.36. The molecule has 0 amide bonds. The van der Waals surface area contributed by atoms with Crippen molar-refractivity contribution in [1.82, 2.24) is 4.98 Å². The molecule has 0 N–H and O–H groups in total. The average molecular weight is 301 g/mol. The summed E-state index contributed by atoms with van der Waals surface area (Å²) < 4.78 is 6.66. The molecule has 0 aliphatic rings. The average Bonchev–Trinajstić information content (AvgIpc) is 2.71. The molecule has 84 valence electrons. The van der Waals surface area contributed by atoms with E-state index in [2.05, 4.69) is 20.9 Å². The third kappa shape index (κ3) is 2.47. The van der Waals surface area contributed by atoms with Gasteiger partial charge in [-0.15, -0.1) is 11.6 Å². The van der Waals surface area contributed by atoms with Crippen LogP contribution in [0.3, 0.4) is 0 Å². The first-order chi connectivity index (χ1) is 7.70. The fourth-order valence-electron chi connectivity index (χ4n) is 1.39. The van der Waals surface area contributed by atoms with Crippen molar-refractivity contribution < 1.29 is 4.42 Å². The van der Waals surface area contributed by atoms with Crippen molar-refractivity contribution >= 4 is 27.5 Å². The molecule has 0 atom stereocenters. The molecule has 0 spiro atoms. The molecule has 1 aromatic heterocycles. The second-order valence-corrected chi connectivity index (χ2v) is 4.75. The number of nitrogens with zero attached hydrogens (tertiary/aromatic N) is 1. The minimum atomic E-state index is 0.525. The Balaban J connectivity index is 2.31. The largest absolute Gasteiger partial charge is 0.441 e. The molecule has 0 radical (unpaired) electrons. The summed E-state index contributed by atoms with van der Waals surface area (Å²) in [6.07, 6.45) is 2.40. The highest BCUT2D eigenvalue weighted by Crippen LogP contribution is 2.26. The zero-order valence-electron chi connectivity index (χ0n) is 8.84. The Morgan fingerprint density at radius 2 is 2.25 bits per heavy atom. The van der Waals surface area contributed by atoms with Crippen LogP contribution in [0.15, 0.2) is 33.3 Å². The zero-order valence-corrected chi connectivity index (χ0v) is 11.2. The summed E-state index contributed by atoms with van der Waals surface area (Å²) in [4.78, 5) is 4.17. The molecule has 2 aromatic rings. The van der Waals surface area contributed by atoms with Crippen LogP contribution >= 0.6 is 27.5 Å². The van der Waals surface area contributed by atoms with E-state index < -0.39 is 0 Å². The number of halogens is 2. The lowest BCUT2D eigenvalue weighted by Gasteiger charge is -2.00. The first kappa shape index (κ1) is 11.7. The van der Waals surface area contributed by atoms with Gasteiger partial charge in [0.2, 0.25) is 0 Å². The van der Waals surface area contributed by atoms with Gasteiger partial charge in [0.15, 0.2) is 11.7 Å². The SMILES string of the molecule is Cc1ccc(-c2cnc(CCCl)o2)cc1Br. The number of hydrogen-bond acceptors (Lipinski definition) is 2. The number of rotatable bonds is 3. The molecule has 16 heavy (non-hydrogen) atoms. The quantitative estimate of drug-likeness (QED) is 0.794. The van der Waals surface area contributed by atoms with Crippen molar-refractivity contribution in [1.29, 1.82) is 0 Å². The summed E-state index contributed by atoms with van der Waals surface area (Å²) in [6.45, 7) is 2.05. The third-order valence-electron chi connectivity index (χ3n) is 2.32. The highest BCUT2D eigenvalue weighted by Gasteiger charge is 2.07. The van der Waals surface area contributed by atoms with Crippen LogP contribution in [0.4, 0.5) is 0 Å². The van der Waals surface area contributed by atoms with E-state index in [1.807, 2.05) is 25.1 Å². The van der Waals surface area contributed by atoms with Crippen LogP contribution in [0, 0.1) is 6.92 Å². The summed E-state index contributed by atoms with van der Waals surface area (Å²) >= 11 is 9.13. The molecule has 1 heterocycles. The van der Waals surface area contributed by atoms with Gasteiger partial charge in [-0.2, -0.15) is 0 Å². The van der Waals surface area contributed by atoms with E-state index >= 15 is 0 Å². The van der Waals surface area contributed by atoms with Crippen molar-refractivity contribution in [2.24, 2.45) is 0 Å². The van der Waals surface area contributed by atoms with Crippen LogP contribution in [0.5, 0.6) is 0 Å². The highest BCUT2D eigenvalue weighted by molar-refractivity contribution is 9.10. The maximum atomic E-state index is 5.63. The van der Waals surface area contributed by atoms with E-state index in [1.165, 1.54) is 5.56 Å².